The Morgan fingerprint density at radius 1 is 1.47 bits per heavy atom. The van der Waals surface area contributed by atoms with Crippen molar-refractivity contribution in [2.24, 2.45) is 11.7 Å². The number of nitrogens with zero attached hydrogens (tertiary/aromatic N) is 1. The number of nitrogens with two attached hydrogens (primary N) is 1. The van der Waals surface area contributed by atoms with Gasteiger partial charge in [0, 0.05) is 17.5 Å². The molecule has 3 rings (SSSR count). The van der Waals surface area contributed by atoms with Gasteiger partial charge in [-0.2, -0.15) is 11.8 Å². The van der Waals surface area contributed by atoms with E-state index in [2.05, 4.69) is 23.7 Å². The highest BCUT2D eigenvalue weighted by atomic mass is 32.2. The Morgan fingerprint density at radius 2 is 2.26 bits per heavy atom. The normalized spacial score (nSPS) is 28.4. The first-order valence-electron chi connectivity index (χ1n) is 7.07. The molecule has 3 heterocycles. The zero-order valence-electron chi connectivity index (χ0n) is 11.4. The lowest BCUT2D eigenvalue weighted by molar-refractivity contribution is -0.105. The third-order valence-corrected chi connectivity index (χ3v) is 6.55. The summed E-state index contributed by atoms with van der Waals surface area (Å²) in [6.45, 7) is 2.94. The van der Waals surface area contributed by atoms with Gasteiger partial charge in [0.15, 0.2) is 0 Å². The molecule has 5 heteroatoms. The van der Waals surface area contributed by atoms with Crippen molar-refractivity contribution in [3.63, 3.8) is 0 Å². The molecule has 0 saturated carbocycles. The van der Waals surface area contributed by atoms with Crippen molar-refractivity contribution in [3.05, 3.63) is 16.1 Å². The molecule has 1 aromatic heterocycles. The molecule has 0 radical (unpaired) electrons. The maximum atomic E-state index is 6.51. The van der Waals surface area contributed by atoms with Crippen LogP contribution < -0.4 is 5.73 Å². The monoisotopic (exact) mass is 298 g/mol. The molecule has 1 aromatic rings. The Hall–Kier alpha value is -0.100. The molecule has 19 heavy (non-hydrogen) atoms. The van der Waals surface area contributed by atoms with E-state index >= 15 is 0 Å². The van der Waals surface area contributed by atoms with Crippen molar-refractivity contribution in [3.8, 4) is 0 Å². The summed E-state index contributed by atoms with van der Waals surface area (Å²) in [7, 11) is 0. The number of rotatable bonds is 2. The second-order valence-corrected chi connectivity index (χ2v) is 7.84. The largest absolute Gasteiger partial charge is 0.375 e. The maximum Gasteiger partial charge on any atom is 0.0798 e. The molecule has 0 bridgehead atoms. The molecule has 2 saturated heterocycles. The van der Waals surface area contributed by atoms with Gasteiger partial charge >= 0.3 is 0 Å². The van der Waals surface area contributed by atoms with E-state index in [1.807, 2.05) is 5.51 Å². The second kappa shape index (κ2) is 5.72. The number of hydrogen-bond acceptors (Lipinski definition) is 5. The number of aryl methyl sites for hydroxylation is 1. The summed E-state index contributed by atoms with van der Waals surface area (Å²) < 4.78 is 6.15. The van der Waals surface area contributed by atoms with E-state index in [4.69, 9.17) is 10.5 Å². The van der Waals surface area contributed by atoms with Gasteiger partial charge in [-0.25, -0.2) is 4.98 Å². The molecule has 2 atom stereocenters. The molecule has 2 N–H and O–H groups in total. The van der Waals surface area contributed by atoms with Crippen molar-refractivity contribution < 1.29 is 4.74 Å². The number of ether oxygens (including phenoxy) is 1. The quantitative estimate of drug-likeness (QED) is 0.911. The Morgan fingerprint density at radius 3 is 2.95 bits per heavy atom. The molecule has 1 spiro atoms. The fraction of sp³-hybridized carbons (Fsp3) is 0.786. The Bertz CT molecular complexity index is 423. The highest BCUT2D eigenvalue weighted by Crippen LogP contribution is 2.43. The number of thiazole rings is 1. The molecule has 2 aliphatic rings. The predicted octanol–water partition coefficient (Wildman–Crippen LogP) is 3.14. The van der Waals surface area contributed by atoms with Gasteiger partial charge < -0.3 is 10.5 Å². The second-order valence-electron chi connectivity index (χ2n) is 5.72. The van der Waals surface area contributed by atoms with Gasteiger partial charge in [0.25, 0.3) is 0 Å². The third-order valence-electron chi connectivity index (χ3n) is 4.53. The van der Waals surface area contributed by atoms with Crippen molar-refractivity contribution in [1.82, 2.24) is 4.98 Å². The van der Waals surface area contributed by atoms with Crippen LogP contribution in [0.1, 0.15) is 42.3 Å². The van der Waals surface area contributed by atoms with Gasteiger partial charge in [0.1, 0.15) is 0 Å². The first-order valence-corrected chi connectivity index (χ1v) is 9.11. The molecule has 106 valence electrons. The Balaban J connectivity index is 1.72. The van der Waals surface area contributed by atoms with Crippen LogP contribution in [0.5, 0.6) is 0 Å². The van der Waals surface area contributed by atoms with Gasteiger partial charge in [-0.05, 0) is 50.0 Å². The van der Waals surface area contributed by atoms with E-state index in [1.165, 1.54) is 29.2 Å². The van der Waals surface area contributed by atoms with Crippen molar-refractivity contribution >= 4 is 23.1 Å². The Labute approximate surface area is 123 Å². The van der Waals surface area contributed by atoms with E-state index in [0.29, 0.717) is 5.92 Å². The highest BCUT2D eigenvalue weighted by Gasteiger charge is 2.41. The summed E-state index contributed by atoms with van der Waals surface area (Å²) in [4.78, 5) is 5.61. The first kappa shape index (κ1) is 13.9. The van der Waals surface area contributed by atoms with Crippen molar-refractivity contribution in [1.29, 1.82) is 0 Å². The zero-order valence-corrected chi connectivity index (χ0v) is 13.1. The molecule has 3 nitrogen and oxygen atoms in total. The van der Waals surface area contributed by atoms with Crippen LogP contribution in [0.2, 0.25) is 0 Å². The molecule has 0 aromatic carbocycles. The third kappa shape index (κ3) is 2.84. The lowest BCUT2D eigenvalue weighted by atomic mass is 9.78. The van der Waals surface area contributed by atoms with E-state index in [0.717, 1.165) is 25.1 Å². The first-order chi connectivity index (χ1) is 9.20. The predicted molar refractivity (Wildman–Crippen MR) is 81.7 cm³/mol. The van der Waals surface area contributed by atoms with Crippen LogP contribution in [-0.2, 0) is 4.74 Å². The number of aromatic nitrogens is 1. The van der Waals surface area contributed by atoms with Crippen LogP contribution in [0.25, 0.3) is 0 Å². The molecular weight excluding hydrogens is 276 g/mol. The smallest absolute Gasteiger partial charge is 0.0798 e. The van der Waals surface area contributed by atoms with E-state index in [9.17, 15) is 0 Å². The summed E-state index contributed by atoms with van der Waals surface area (Å²) in [6, 6.07) is 0.142. The van der Waals surface area contributed by atoms with Gasteiger partial charge in [0.05, 0.1) is 16.8 Å². The Kier molecular flexibility index (Phi) is 4.17. The minimum Gasteiger partial charge on any atom is -0.375 e. The average Bonchev–Trinajstić information content (AvgIpc) is 2.85. The lowest BCUT2D eigenvalue weighted by Crippen LogP contribution is -2.45. The molecule has 0 aliphatic carbocycles. The van der Waals surface area contributed by atoms with Gasteiger partial charge in [-0.1, -0.05) is 0 Å². The molecule has 2 aliphatic heterocycles. The SMILES string of the molecule is Cc1ncsc1C(N)C1CCOC2(CCSCC2)C1. The van der Waals surface area contributed by atoms with Crippen LogP contribution >= 0.6 is 23.1 Å². The minimum atomic E-state index is 0.129. The number of hydrogen-bond donors (Lipinski definition) is 1. The molecule has 2 fully saturated rings. The van der Waals surface area contributed by atoms with Crippen LogP contribution in [-0.4, -0.2) is 28.7 Å². The van der Waals surface area contributed by atoms with E-state index in [1.54, 1.807) is 11.3 Å². The lowest BCUT2D eigenvalue weighted by Gasteiger charge is -2.44. The fourth-order valence-corrected chi connectivity index (χ4v) is 5.44. The van der Waals surface area contributed by atoms with Crippen LogP contribution in [0.3, 0.4) is 0 Å². The highest BCUT2D eigenvalue weighted by molar-refractivity contribution is 7.99. The summed E-state index contributed by atoms with van der Waals surface area (Å²) in [5.74, 6) is 3.03. The zero-order chi connectivity index (χ0) is 13.3. The van der Waals surface area contributed by atoms with E-state index in [-0.39, 0.29) is 11.6 Å². The molecule has 2 unspecified atom stereocenters. The molecule has 0 amide bonds. The van der Waals surface area contributed by atoms with Crippen LogP contribution in [0, 0.1) is 12.8 Å². The van der Waals surface area contributed by atoms with Gasteiger partial charge in [-0.15, -0.1) is 11.3 Å². The summed E-state index contributed by atoms with van der Waals surface area (Å²) >= 11 is 3.76. The molecular formula is C14H22N2OS2. The fourth-order valence-electron chi connectivity index (χ4n) is 3.31. The average molecular weight is 298 g/mol. The van der Waals surface area contributed by atoms with Crippen molar-refractivity contribution in [2.45, 2.75) is 44.2 Å². The van der Waals surface area contributed by atoms with Crippen LogP contribution in [0.15, 0.2) is 5.51 Å². The number of thioether (sulfide) groups is 1. The van der Waals surface area contributed by atoms with E-state index < -0.39 is 0 Å². The van der Waals surface area contributed by atoms with Crippen molar-refractivity contribution in [2.75, 3.05) is 18.1 Å². The van der Waals surface area contributed by atoms with Crippen LogP contribution in [0.4, 0.5) is 0 Å². The van der Waals surface area contributed by atoms with Gasteiger partial charge in [0.2, 0.25) is 0 Å². The summed E-state index contributed by atoms with van der Waals surface area (Å²) in [6.07, 6.45) is 4.62. The minimum absolute atomic E-state index is 0.129. The maximum absolute atomic E-state index is 6.51. The van der Waals surface area contributed by atoms with Gasteiger partial charge in [-0.3, -0.25) is 0 Å². The summed E-state index contributed by atoms with van der Waals surface area (Å²) in [5.41, 5.74) is 9.67. The summed E-state index contributed by atoms with van der Waals surface area (Å²) in [5, 5.41) is 0. The standard InChI is InChI=1S/C14H22N2OS2/c1-10-13(19-9-16-10)12(15)11-2-5-17-14(8-11)3-6-18-7-4-14/h9,11-12H,2-8,15H2,1H3. The topological polar surface area (TPSA) is 48.1 Å².